The lowest BCUT2D eigenvalue weighted by atomic mass is 9.71. The maximum Gasteiger partial charge on any atom is 0.0352 e. The molecule has 2 unspecified atom stereocenters. The van der Waals surface area contributed by atoms with Gasteiger partial charge in [-0.3, -0.25) is 0 Å². The van der Waals surface area contributed by atoms with Gasteiger partial charge in [-0.2, -0.15) is 0 Å². The summed E-state index contributed by atoms with van der Waals surface area (Å²) in [7, 11) is 0. The predicted molar refractivity (Wildman–Crippen MR) is 516 cm³/mol. The fourth-order valence-corrected chi connectivity index (χ4v) is 14.5. The third kappa shape index (κ3) is 34.5. The van der Waals surface area contributed by atoms with Crippen LogP contribution in [-0.2, 0) is 55.1 Å². The van der Waals surface area contributed by atoms with Gasteiger partial charge in [0.25, 0.3) is 0 Å². The van der Waals surface area contributed by atoms with Crippen LogP contribution in [0.25, 0.3) is 0 Å². The first-order valence-corrected chi connectivity index (χ1v) is 41.2. The summed E-state index contributed by atoms with van der Waals surface area (Å²) >= 11 is 0. The molecule has 113 heavy (non-hydrogen) atoms. The van der Waals surface area contributed by atoms with Crippen molar-refractivity contribution in [3.8, 4) is 0 Å². The van der Waals surface area contributed by atoms with Gasteiger partial charge in [0, 0.05) is 34.3 Å². The maximum atomic E-state index is 8.83. The Bertz CT molecular complexity index is 4910. The molecule has 0 nitrogen and oxygen atoms in total. The van der Waals surface area contributed by atoms with E-state index < -0.39 is 98.8 Å². The van der Waals surface area contributed by atoms with Crippen molar-refractivity contribution < 1.29 is 34.3 Å². The molecule has 0 N–H and O–H groups in total. The van der Waals surface area contributed by atoms with Crippen molar-refractivity contribution in [1.82, 2.24) is 0 Å². The third-order valence-electron chi connectivity index (χ3n) is 19.7. The summed E-state index contributed by atoms with van der Waals surface area (Å²) in [5, 5.41) is 0. The number of benzene rings is 8. The Morgan fingerprint density at radius 2 is 0.549 bits per heavy atom. The molecule has 0 heteroatoms. The molecule has 0 spiro atoms. The molecule has 0 saturated heterocycles. The summed E-state index contributed by atoms with van der Waals surface area (Å²) in [6.45, 7) is 68.7. The lowest BCUT2D eigenvalue weighted by Crippen LogP contribution is -2.24. The van der Waals surface area contributed by atoms with Crippen molar-refractivity contribution in [1.29, 1.82) is 0 Å². The Hall–Kier alpha value is -6.24. The predicted octanol–water partition coefficient (Wildman–Crippen LogP) is 35.4. The molecule has 8 rings (SSSR count). The molecule has 8 aromatic carbocycles. The van der Waals surface area contributed by atoms with Gasteiger partial charge in [0.1, 0.15) is 0 Å². The molecule has 0 aliphatic heterocycles. The van der Waals surface area contributed by atoms with Crippen LogP contribution in [0.3, 0.4) is 0 Å². The van der Waals surface area contributed by atoms with Crippen molar-refractivity contribution in [3.05, 3.63) is 281 Å². The largest absolute Gasteiger partial charge is 0.0648 e. The molecule has 0 heterocycles. The van der Waals surface area contributed by atoms with Gasteiger partial charge in [0.15, 0.2) is 0 Å². The smallest absolute Gasteiger partial charge is 0.0352 e. The van der Waals surface area contributed by atoms with E-state index >= 15 is 0 Å². The zero-order valence-corrected chi connectivity index (χ0v) is 79.3. The summed E-state index contributed by atoms with van der Waals surface area (Å²) in [5.41, 5.74) is 18.0. The van der Waals surface area contributed by atoms with Gasteiger partial charge in [0.2, 0.25) is 0 Å². The van der Waals surface area contributed by atoms with Gasteiger partial charge in [0.05, 0.1) is 0 Å². The van der Waals surface area contributed by atoms with Gasteiger partial charge < -0.3 is 0 Å². The normalized spacial score (nSPS) is 17.8. The lowest BCUT2D eigenvalue weighted by Gasteiger charge is -2.33. The SMILES string of the molecule is Cc1cccc(C)c1C(C)(C)C.Cc1ccccc1C(C)(C)C.Cc1ccccc1C(C)(C)C.[2H]C(C)(C)c1cccc(C(C)(C)C)c1C(C)(C)C.[2H]C(C)(C)c1ccccc1C(C)(C)C.[2H]C([2H])([2H])C([2H])(c1cccc(C([2H])(C([2H])([2H])[2H])C([2H])([2H])C)c1C(C)(C)C)C([2H])([2H])[2H].[2H]C([2H])([2H])C([2H])(c1ccccc1C(C)(C)C)C([2H])([2H])[2H].[2H]C([2H])(c1cccc(C([2H])(C)C(C)C)c1C(C)(C)C)C(C)C. The minimum atomic E-state index is -3.31. The van der Waals surface area contributed by atoms with Crippen LogP contribution in [0.15, 0.2) is 170 Å². The van der Waals surface area contributed by atoms with E-state index in [0.29, 0.717) is 5.56 Å². The van der Waals surface area contributed by atoms with Crippen molar-refractivity contribution in [2.75, 3.05) is 0 Å². The Morgan fingerprint density at radius 1 is 0.265 bits per heavy atom. The summed E-state index contributed by atoms with van der Waals surface area (Å²) in [6, 6.07) is 54.1. The minimum absolute atomic E-state index is 0.0486. The topological polar surface area (TPSA) is 0 Å². The second kappa shape index (κ2) is 44.4. The first-order valence-electron chi connectivity index (χ1n) is 53.7. The maximum absolute atomic E-state index is 8.83. The molecule has 0 amide bonds. The molecule has 8 aromatic rings. The molecular weight excluding hydrogens is 1360 g/mol. The molecule has 0 aliphatic rings. The molecule has 0 bridgehead atoms. The van der Waals surface area contributed by atoms with E-state index in [1.807, 2.05) is 93.5 Å². The molecule has 0 aromatic heterocycles. The average Bonchev–Trinajstić information content (AvgIpc) is 0.704. The molecule has 630 valence electrons. The standard InChI is InChI=1S/C19H32.2C17H28.2C13H20.C12H18.2C11H16/c1-13(2)12-16-10-9-11-17(15(5)14(3)4)18(16)19(6,7)8;1-12(2)13-10-9-11-14(16(3,4)5)15(13)17(6,7)8;1-8-13(4)15-11-9-10-14(12(2)3)16(15)17(5,6)7;2*1-10(2)11-8-6-7-9-12(11)13(3,4)5;1-9-7-6-8-10(2)11(9)12(3,4)5;2*1-9-7-5-6-8-10(9)11(2,3)4/h9-11,13-15H,12H2,1-8H3;9-12H,1-8H3;9-13H,8H2,1-7H3;2*6-10H,1-5H3;6-8H,1-5H3;2*5-8H,1-4H3/i12D2,15D;12D;2D3,3D3,4D3,8D2,12D,13D;1D3,2D3,10D;10D;;;. The average molecular weight is 1560 g/mol. The van der Waals surface area contributed by atoms with Crippen LogP contribution < -0.4 is 0 Å². The Morgan fingerprint density at radius 3 is 0.850 bits per heavy atom. The number of rotatable bonds is 10. The fraction of sp³-hybridized carbons (Fsp3) is 0.575. The summed E-state index contributed by atoms with van der Waals surface area (Å²) < 4.78 is 200. The first kappa shape index (κ1) is 68.8. The highest BCUT2D eigenvalue weighted by atomic mass is 14.4. The Kier molecular flexibility index (Phi) is 27.0. The van der Waals surface area contributed by atoms with E-state index in [4.69, 9.17) is 34.3 Å². The zero-order valence-electron chi connectivity index (χ0n) is 104. The Balaban J connectivity index is 0.000000806. The summed E-state index contributed by atoms with van der Waals surface area (Å²) in [4.78, 5) is 0. The van der Waals surface area contributed by atoms with E-state index in [1.165, 1.54) is 73.8 Å². The highest BCUT2D eigenvalue weighted by Crippen LogP contribution is 2.42. The molecule has 0 saturated carbocycles. The summed E-state index contributed by atoms with van der Waals surface area (Å²) in [6.07, 6.45) is -4.01. The first-order chi connectivity index (χ1) is 60.8. The molecule has 0 aliphatic carbocycles. The molecule has 0 fully saturated rings. The van der Waals surface area contributed by atoms with Gasteiger partial charge in [-0.05, 0) is 248 Å². The van der Waals surface area contributed by atoms with Crippen LogP contribution in [0, 0.1) is 39.5 Å². The minimum Gasteiger partial charge on any atom is -0.0648 e. The zero-order chi connectivity index (χ0) is 110. The van der Waals surface area contributed by atoms with Crippen LogP contribution in [0.4, 0.5) is 0 Å². The second-order valence-corrected chi connectivity index (χ2v) is 40.9. The summed E-state index contributed by atoms with van der Waals surface area (Å²) in [5.74, 6) is -10.3. The van der Waals surface area contributed by atoms with Crippen molar-refractivity contribution in [3.63, 3.8) is 0 Å². The highest BCUT2D eigenvalue weighted by Gasteiger charge is 2.30. The van der Waals surface area contributed by atoms with Gasteiger partial charge >= 0.3 is 0 Å². The van der Waals surface area contributed by atoms with E-state index in [1.54, 1.807) is 39.0 Å². The van der Waals surface area contributed by atoms with Crippen LogP contribution in [0.1, 0.15) is 478 Å². The molecular formula is C113H178. The van der Waals surface area contributed by atoms with E-state index in [0.717, 1.165) is 40.8 Å². The number of hydrogen-bond donors (Lipinski definition) is 0. The lowest BCUT2D eigenvalue weighted by molar-refractivity contribution is 0.503. The number of aryl methyl sites for hydroxylation is 4. The quantitative estimate of drug-likeness (QED) is 0.128. The van der Waals surface area contributed by atoms with Crippen LogP contribution in [-0.4, -0.2) is 0 Å². The van der Waals surface area contributed by atoms with Crippen LogP contribution in [0.2, 0.25) is 0 Å². The van der Waals surface area contributed by atoms with Crippen molar-refractivity contribution in [2.24, 2.45) is 11.8 Å². The molecule has 0 radical (unpaired) electrons. The fourth-order valence-electron chi connectivity index (χ4n) is 14.5. The highest BCUT2D eigenvalue weighted by molar-refractivity contribution is 5.47. The second-order valence-electron chi connectivity index (χ2n) is 40.9. The van der Waals surface area contributed by atoms with Gasteiger partial charge in [-0.25, -0.2) is 0 Å². The third-order valence-corrected chi connectivity index (χ3v) is 19.7. The van der Waals surface area contributed by atoms with E-state index in [-0.39, 0.29) is 66.4 Å². The van der Waals surface area contributed by atoms with Crippen LogP contribution in [0.5, 0.6) is 0 Å². The van der Waals surface area contributed by atoms with Gasteiger partial charge in [-0.1, -0.05) is 460 Å². The Labute approximate surface area is 739 Å². The molecule has 2 atom stereocenters. The van der Waals surface area contributed by atoms with Crippen molar-refractivity contribution >= 4 is 0 Å². The monoisotopic (exact) mass is 1560 g/mol. The van der Waals surface area contributed by atoms with Gasteiger partial charge in [-0.15, -0.1) is 0 Å². The number of hydrogen-bond acceptors (Lipinski definition) is 0. The van der Waals surface area contributed by atoms with Crippen LogP contribution >= 0.6 is 0 Å². The van der Waals surface area contributed by atoms with E-state index in [2.05, 4.69) is 290 Å². The van der Waals surface area contributed by atoms with E-state index in [9.17, 15) is 0 Å². The van der Waals surface area contributed by atoms with Crippen molar-refractivity contribution in [2.45, 2.75) is 415 Å².